The summed E-state index contributed by atoms with van der Waals surface area (Å²) >= 11 is 0. The van der Waals surface area contributed by atoms with Gasteiger partial charge in [0.2, 0.25) is 0 Å². The molecule has 0 bridgehead atoms. The summed E-state index contributed by atoms with van der Waals surface area (Å²) in [6, 6.07) is 7.44. The Morgan fingerprint density at radius 2 is 1.78 bits per heavy atom. The van der Waals surface area contributed by atoms with Crippen LogP contribution in [0, 0.1) is 11.6 Å². The zero-order chi connectivity index (χ0) is 23.0. The molecule has 0 aliphatic carbocycles. The van der Waals surface area contributed by atoms with Crippen molar-refractivity contribution in [3.8, 4) is 0 Å². The maximum absolute atomic E-state index is 13.8. The zero-order valence-corrected chi connectivity index (χ0v) is 17.9. The molecule has 0 radical (unpaired) electrons. The number of anilines is 2. The molecule has 1 saturated heterocycles. The smallest absolute Gasteiger partial charge is 0.200 e. The first-order chi connectivity index (χ1) is 15.2. The number of hydrogen-bond donors (Lipinski definition) is 1. The minimum atomic E-state index is -0.692. The second-order valence-corrected chi connectivity index (χ2v) is 7.85. The van der Waals surface area contributed by atoms with Gasteiger partial charge in [-0.1, -0.05) is 6.58 Å². The van der Waals surface area contributed by atoms with Crippen molar-refractivity contribution in [2.45, 2.75) is 13.0 Å². The third kappa shape index (κ3) is 4.18. The Hall–Kier alpha value is -3.39. The molecule has 2 aromatic carbocycles. The third-order valence-corrected chi connectivity index (χ3v) is 5.79. The molecule has 1 atom stereocenters. The third-order valence-electron chi connectivity index (χ3n) is 5.79. The summed E-state index contributed by atoms with van der Waals surface area (Å²) in [7, 11) is 1.69. The Morgan fingerprint density at radius 3 is 2.41 bits per heavy atom. The molecule has 168 valence electrons. The molecule has 4 rings (SSSR count). The van der Waals surface area contributed by atoms with Crippen LogP contribution in [0.25, 0.3) is 16.7 Å². The average Bonchev–Trinajstić information content (AvgIpc) is 2.77. The highest BCUT2D eigenvalue weighted by Gasteiger charge is 2.23. The van der Waals surface area contributed by atoms with Gasteiger partial charge in [-0.15, -0.1) is 0 Å². The van der Waals surface area contributed by atoms with Gasteiger partial charge in [-0.05, 0) is 31.2 Å². The van der Waals surface area contributed by atoms with Gasteiger partial charge in [-0.2, -0.15) is 0 Å². The topological polar surface area (TPSA) is 66.2 Å². The molecule has 6 nitrogen and oxygen atoms in total. The standard InChI is InChI=1S/C24H24F2N2O4/c1-14(27(3)19-11-17(25)10-18(26)12-19)20-8-16(15(2)29)9-21-22(30)13-23(32-24(20)21)28-4-6-31-7-5-28/h8-14,29H,2,4-7H2,1,3H3. The van der Waals surface area contributed by atoms with E-state index < -0.39 is 17.7 Å². The Balaban J connectivity index is 1.87. The number of fused-ring (bicyclic) bond motifs is 1. The fraction of sp³-hybridized carbons (Fsp3) is 0.292. The van der Waals surface area contributed by atoms with Gasteiger partial charge in [0.15, 0.2) is 11.3 Å². The first kappa shape index (κ1) is 21.8. The molecule has 3 aromatic rings. The van der Waals surface area contributed by atoms with E-state index in [9.17, 15) is 18.7 Å². The summed E-state index contributed by atoms with van der Waals surface area (Å²) in [6.07, 6.45) is 0. The van der Waals surface area contributed by atoms with Crippen LogP contribution >= 0.6 is 0 Å². The second kappa shape index (κ2) is 8.63. The summed E-state index contributed by atoms with van der Waals surface area (Å²) in [5.74, 6) is -1.16. The van der Waals surface area contributed by atoms with E-state index in [1.807, 2.05) is 11.8 Å². The predicted molar refractivity (Wildman–Crippen MR) is 120 cm³/mol. The molecule has 1 unspecified atom stereocenters. The van der Waals surface area contributed by atoms with Gasteiger partial charge in [0, 0.05) is 49.1 Å². The van der Waals surface area contributed by atoms with Gasteiger partial charge in [0.05, 0.1) is 24.6 Å². The number of rotatable bonds is 5. The number of ether oxygens (including phenoxy) is 1. The molecular formula is C24H24F2N2O4. The lowest BCUT2D eigenvalue weighted by Crippen LogP contribution is -2.36. The molecule has 1 aromatic heterocycles. The average molecular weight is 442 g/mol. The van der Waals surface area contributed by atoms with E-state index in [1.54, 1.807) is 18.0 Å². The number of aliphatic hydroxyl groups excluding tert-OH is 1. The van der Waals surface area contributed by atoms with Crippen LogP contribution in [0.5, 0.6) is 0 Å². The summed E-state index contributed by atoms with van der Waals surface area (Å²) in [5, 5.41) is 10.3. The molecule has 1 N–H and O–H groups in total. The lowest BCUT2D eigenvalue weighted by molar-refractivity contribution is 0.121. The highest BCUT2D eigenvalue weighted by atomic mass is 19.1. The Bertz CT molecular complexity index is 1210. The molecule has 2 heterocycles. The lowest BCUT2D eigenvalue weighted by Gasteiger charge is -2.30. The number of halogens is 2. The van der Waals surface area contributed by atoms with Crippen molar-refractivity contribution in [2.75, 3.05) is 43.2 Å². The van der Waals surface area contributed by atoms with Crippen molar-refractivity contribution in [3.05, 3.63) is 76.0 Å². The van der Waals surface area contributed by atoms with Crippen molar-refractivity contribution in [1.82, 2.24) is 0 Å². The van der Waals surface area contributed by atoms with Crippen molar-refractivity contribution in [3.63, 3.8) is 0 Å². The summed E-state index contributed by atoms with van der Waals surface area (Å²) in [5.41, 5.74) is 1.35. The SMILES string of the molecule is C=C(O)c1cc(C(C)N(C)c2cc(F)cc(F)c2)c2oc(N3CCOCC3)cc(=O)c2c1. The summed E-state index contributed by atoms with van der Waals surface area (Å²) in [6.45, 7) is 7.63. The first-order valence-electron chi connectivity index (χ1n) is 10.3. The summed E-state index contributed by atoms with van der Waals surface area (Å²) < 4.78 is 39.2. The van der Waals surface area contributed by atoms with Crippen LogP contribution in [0.4, 0.5) is 20.4 Å². The van der Waals surface area contributed by atoms with E-state index >= 15 is 0 Å². The van der Waals surface area contributed by atoms with Crippen LogP contribution in [0.3, 0.4) is 0 Å². The minimum absolute atomic E-state index is 0.198. The first-order valence-corrected chi connectivity index (χ1v) is 10.3. The predicted octanol–water partition coefficient (Wildman–Crippen LogP) is 4.63. The van der Waals surface area contributed by atoms with Gasteiger partial charge in [-0.25, -0.2) is 8.78 Å². The van der Waals surface area contributed by atoms with Gasteiger partial charge in [0.25, 0.3) is 0 Å². The molecule has 1 aliphatic heterocycles. The number of hydrogen-bond acceptors (Lipinski definition) is 6. The van der Waals surface area contributed by atoms with E-state index in [4.69, 9.17) is 9.15 Å². The van der Waals surface area contributed by atoms with E-state index in [0.29, 0.717) is 54.6 Å². The molecule has 32 heavy (non-hydrogen) atoms. The van der Waals surface area contributed by atoms with Crippen LogP contribution in [0.2, 0.25) is 0 Å². The normalized spacial score (nSPS) is 15.1. The second-order valence-electron chi connectivity index (χ2n) is 7.85. The van der Waals surface area contributed by atoms with Gasteiger partial charge >= 0.3 is 0 Å². The molecule has 0 saturated carbocycles. The van der Waals surface area contributed by atoms with E-state index in [1.165, 1.54) is 24.3 Å². The number of nitrogens with zero attached hydrogens (tertiary/aromatic N) is 2. The molecule has 0 spiro atoms. The Labute approximate surface area is 183 Å². The van der Waals surface area contributed by atoms with Crippen LogP contribution in [0.15, 0.2) is 52.2 Å². The van der Waals surface area contributed by atoms with E-state index in [2.05, 4.69) is 6.58 Å². The summed E-state index contributed by atoms with van der Waals surface area (Å²) in [4.78, 5) is 16.6. The quantitative estimate of drug-likeness (QED) is 0.581. The molecule has 0 amide bonds. The van der Waals surface area contributed by atoms with E-state index in [-0.39, 0.29) is 16.6 Å². The number of aliphatic hydroxyl groups is 1. The minimum Gasteiger partial charge on any atom is -0.508 e. The van der Waals surface area contributed by atoms with Gasteiger partial charge in [-0.3, -0.25) is 4.79 Å². The Morgan fingerprint density at radius 1 is 1.12 bits per heavy atom. The highest BCUT2D eigenvalue weighted by molar-refractivity contribution is 5.85. The van der Waals surface area contributed by atoms with Crippen LogP contribution < -0.4 is 15.2 Å². The lowest BCUT2D eigenvalue weighted by atomic mass is 9.99. The zero-order valence-electron chi connectivity index (χ0n) is 17.9. The highest BCUT2D eigenvalue weighted by Crippen LogP contribution is 2.34. The largest absolute Gasteiger partial charge is 0.508 e. The monoisotopic (exact) mass is 442 g/mol. The fourth-order valence-electron chi connectivity index (χ4n) is 3.86. The van der Waals surface area contributed by atoms with Crippen LogP contribution in [0.1, 0.15) is 24.1 Å². The number of morpholine rings is 1. The van der Waals surface area contributed by atoms with Crippen LogP contribution in [-0.2, 0) is 4.74 Å². The maximum Gasteiger partial charge on any atom is 0.200 e. The van der Waals surface area contributed by atoms with Crippen molar-refractivity contribution >= 4 is 28.3 Å². The maximum atomic E-state index is 13.8. The van der Waals surface area contributed by atoms with Gasteiger partial charge in [0.1, 0.15) is 23.0 Å². The van der Waals surface area contributed by atoms with Crippen molar-refractivity contribution in [1.29, 1.82) is 0 Å². The molecule has 1 fully saturated rings. The molecule has 8 heteroatoms. The van der Waals surface area contributed by atoms with E-state index in [0.717, 1.165) is 6.07 Å². The van der Waals surface area contributed by atoms with Crippen molar-refractivity contribution in [2.24, 2.45) is 0 Å². The Kier molecular flexibility index (Phi) is 5.88. The van der Waals surface area contributed by atoms with Gasteiger partial charge < -0.3 is 24.1 Å². The number of benzene rings is 2. The fourth-order valence-corrected chi connectivity index (χ4v) is 3.86. The molecular weight excluding hydrogens is 418 g/mol. The molecule has 1 aliphatic rings. The van der Waals surface area contributed by atoms with Crippen molar-refractivity contribution < 1.29 is 23.0 Å². The van der Waals surface area contributed by atoms with Crippen LogP contribution in [-0.4, -0.2) is 38.5 Å².